The molecule has 22 heavy (non-hydrogen) atoms. The first-order valence-electron chi connectivity index (χ1n) is 6.84. The van der Waals surface area contributed by atoms with Gasteiger partial charge in [0.25, 0.3) is 0 Å². The third kappa shape index (κ3) is 2.30. The van der Waals surface area contributed by atoms with Crippen LogP contribution in [0.1, 0.15) is 11.5 Å². The molecule has 0 aliphatic carbocycles. The fourth-order valence-electron chi connectivity index (χ4n) is 2.70. The van der Waals surface area contributed by atoms with E-state index in [9.17, 15) is 10.1 Å². The van der Waals surface area contributed by atoms with Crippen molar-refractivity contribution in [1.29, 1.82) is 0 Å². The van der Waals surface area contributed by atoms with E-state index in [2.05, 4.69) is 5.10 Å². The van der Waals surface area contributed by atoms with E-state index in [0.29, 0.717) is 18.1 Å². The van der Waals surface area contributed by atoms with Crippen molar-refractivity contribution in [2.75, 3.05) is 11.9 Å². The van der Waals surface area contributed by atoms with E-state index in [0.717, 1.165) is 16.7 Å². The zero-order valence-corrected chi connectivity index (χ0v) is 12.6. The van der Waals surface area contributed by atoms with E-state index in [1.54, 1.807) is 25.9 Å². The van der Waals surface area contributed by atoms with Crippen molar-refractivity contribution < 1.29 is 9.34 Å². The molecule has 0 aliphatic rings. The highest BCUT2D eigenvalue weighted by Gasteiger charge is 2.27. The summed E-state index contributed by atoms with van der Waals surface area (Å²) < 4.78 is 7.29. The van der Waals surface area contributed by atoms with Crippen LogP contribution in [0.15, 0.2) is 34.7 Å². The Morgan fingerprint density at radius 3 is 2.82 bits per heavy atom. The molecular formula is C15H16N4O3. The molecule has 1 aromatic carbocycles. The van der Waals surface area contributed by atoms with Gasteiger partial charge in [-0.05, 0) is 19.1 Å². The van der Waals surface area contributed by atoms with Crippen LogP contribution >= 0.6 is 0 Å². The number of fused-ring (bicyclic) bond motifs is 1. The molecular weight excluding hydrogens is 284 g/mol. The van der Waals surface area contributed by atoms with Crippen molar-refractivity contribution in [3.8, 4) is 0 Å². The van der Waals surface area contributed by atoms with Gasteiger partial charge in [0.2, 0.25) is 5.82 Å². The van der Waals surface area contributed by atoms with Crippen LogP contribution in [-0.4, -0.2) is 21.8 Å². The van der Waals surface area contributed by atoms with Gasteiger partial charge in [-0.25, -0.2) is 4.68 Å². The summed E-state index contributed by atoms with van der Waals surface area (Å²) in [5.41, 5.74) is 1.24. The zero-order valence-electron chi connectivity index (χ0n) is 12.6. The lowest BCUT2D eigenvalue weighted by Gasteiger charge is -2.16. The minimum Gasteiger partial charge on any atom is -0.459 e. The number of nitro groups is 1. The molecule has 7 heteroatoms. The standard InChI is InChI=1S/C15H16N4O3/c1-10-14(19(20)21)15(18(3)16-10)17(2)9-12-8-11-6-4-5-7-13(11)22-12/h4-8H,9H2,1-3H3. The summed E-state index contributed by atoms with van der Waals surface area (Å²) in [5.74, 6) is 1.21. The molecule has 114 valence electrons. The fourth-order valence-corrected chi connectivity index (χ4v) is 2.70. The number of rotatable bonds is 4. The zero-order chi connectivity index (χ0) is 15.9. The molecule has 0 spiro atoms. The van der Waals surface area contributed by atoms with Crippen molar-refractivity contribution >= 4 is 22.5 Å². The van der Waals surface area contributed by atoms with E-state index in [1.807, 2.05) is 30.3 Å². The van der Waals surface area contributed by atoms with Crippen LogP contribution in [0.5, 0.6) is 0 Å². The van der Waals surface area contributed by atoms with Crippen LogP contribution in [0.4, 0.5) is 11.5 Å². The van der Waals surface area contributed by atoms with Gasteiger partial charge in [0, 0.05) is 19.5 Å². The Morgan fingerprint density at radius 2 is 2.14 bits per heavy atom. The summed E-state index contributed by atoms with van der Waals surface area (Å²) in [6, 6.07) is 9.67. The average Bonchev–Trinajstić information content (AvgIpc) is 2.98. The molecule has 0 unspecified atom stereocenters. The number of hydrogen-bond donors (Lipinski definition) is 0. The molecule has 2 heterocycles. The Kier molecular flexibility index (Phi) is 3.32. The largest absolute Gasteiger partial charge is 0.459 e. The highest BCUT2D eigenvalue weighted by atomic mass is 16.6. The number of aromatic nitrogens is 2. The van der Waals surface area contributed by atoms with Crippen LogP contribution in [-0.2, 0) is 13.6 Å². The highest BCUT2D eigenvalue weighted by molar-refractivity contribution is 5.77. The molecule has 2 aromatic heterocycles. The molecule has 0 aliphatic heterocycles. The summed E-state index contributed by atoms with van der Waals surface area (Å²) in [6.45, 7) is 2.06. The molecule has 0 radical (unpaired) electrons. The van der Waals surface area contributed by atoms with E-state index in [1.165, 1.54) is 4.68 Å². The maximum Gasteiger partial charge on any atom is 0.333 e. The number of nitrogens with zero attached hydrogens (tertiary/aromatic N) is 4. The molecule has 0 fully saturated rings. The van der Waals surface area contributed by atoms with Gasteiger partial charge in [0.15, 0.2) is 0 Å². The Hall–Kier alpha value is -2.83. The SMILES string of the molecule is Cc1nn(C)c(N(C)Cc2cc3ccccc3o2)c1[N+](=O)[O-]. The summed E-state index contributed by atoms with van der Waals surface area (Å²) in [6.07, 6.45) is 0. The lowest BCUT2D eigenvalue weighted by Crippen LogP contribution is -2.20. The predicted octanol–water partition coefficient (Wildman–Crippen LogP) is 3.02. The van der Waals surface area contributed by atoms with Crippen molar-refractivity contribution in [2.45, 2.75) is 13.5 Å². The Balaban J connectivity index is 1.94. The maximum atomic E-state index is 11.3. The van der Waals surface area contributed by atoms with E-state index >= 15 is 0 Å². The smallest absolute Gasteiger partial charge is 0.333 e. The van der Waals surface area contributed by atoms with E-state index < -0.39 is 4.92 Å². The third-order valence-corrected chi connectivity index (χ3v) is 3.57. The Bertz CT molecular complexity index is 817. The van der Waals surface area contributed by atoms with Gasteiger partial charge >= 0.3 is 5.69 Å². The summed E-state index contributed by atoms with van der Waals surface area (Å²) in [7, 11) is 3.49. The van der Waals surface area contributed by atoms with Gasteiger partial charge in [0.1, 0.15) is 17.0 Å². The summed E-state index contributed by atoms with van der Waals surface area (Å²) in [5, 5.41) is 16.4. The van der Waals surface area contributed by atoms with Crippen LogP contribution in [0, 0.1) is 17.0 Å². The number of furan rings is 1. The van der Waals surface area contributed by atoms with Gasteiger partial charge in [-0.3, -0.25) is 10.1 Å². The molecule has 3 aromatic rings. The quantitative estimate of drug-likeness (QED) is 0.546. The van der Waals surface area contributed by atoms with Crippen molar-refractivity contribution in [2.24, 2.45) is 7.05 Å². The maximum absolute atomic E-state index is 11.3. The summed E-state index contributed by atoms with van der Waals surface area (Å²) >= 11 is 0. The first kappa shape index (κ1) is 14.1. The first-order chi connectivity index (χ1) is 10.5. The van der Waals surface area contributed by atoms with Crippen molar-refractivity contribution in [3.05, 3.63) is 51.9 Å². The molecule has 0 N–H and O–H groups in total. The number of anilines is 1. The van der Waals surface area contributed by atoms with Crippen LogP contribution in [0.2, 0.25) is 0 Å². The highest BCUT2D eigenvalue weighted by Crippen LogP contribution is 2.31. The van der Waals surface area contributed by atoms with Crippen LogP contribution in [0.25, 0.3) is 11.0 Å². The van der Waals surface area contributed by atoms with Gasteiger partial charge in [-0.2, -0.15) is 5.10 Å². The molecule has 0 saturated heterocycles. The topological polar surface area (TPSA) is 77.3 Å². The number of para-hydroxylation sites is 1. The third-order valence-electron chi connectivity index (χ3n) is 3.57. The van der Waals surface area contributed by atoms with Crippen LogP contribution < -0.4 is 4.90 Å². The predicted molar refractivity (Wildman–Crippen MR) is 82.9 cm³/mol. The fraction of sp³-hybridized carbons (Fsp3) is 0.267. The van der Waals surface area contributed by atoms with Crippen LogP contribution in [0.3, 0.4) is 0 Å². The average molecular weight is 300 g/mol. The number of hydrogen-bond acceptors (Lipinski definition) is 5. The normalized spacial score (nSPS) is 11.0. The minimum atomic E-state index is -0.396. The van der Waals surface area contributed by atoms with Crippen molar-refractivity contribution in [3.63, 3.8) is 0 Å². The van der Waals surface area contributed by atoms with E-state index in [-0.39, 0.29) is 5.69 Å². The lowest BCUT2D eigenvalue weighted by molar-refractivity contribution is -0.384. The molecule has 0 amide bonds. The molecule has 7 nitrogen and oxygen atoms in total. The molecule has 0 bridgehead atoms. The van der Waals surface area contributed by atoms with Gasteiger partial charge in [-0.1, -0.05) is 18.2 Å². The lowest BCUT2D eigenvalue weighted by atomic mass is 10.2. The Morgan fingerprint density at radius 1 is 1.41 bits per heavy atom. The van der Waals surface area contributed by atoms with E-state index in [4.69, 9.17) is 4.42 Å². The molecule has 0 atom stereocenters. The van der Waals surface area contributed by atoms with Gasteiger partial charge in [-0.15, -0.1) is 0 Å². The number of aryl methyl sites for hydroxylation is 2. The second-order valence-electron chi connectivity index (χ2n) is 5.24. The molecule has 0 saturated carbocycles. The van der Waals surface area contributed by atoms with Crippen molar-refractivity contribution in [1.82, 2.24) is 9.78 Å². The second kappa shape index (κ2) is 5.18. The number of benzene rings is 1. The Labute approximate surface area is 126 Å². The van der Waals surface area contributed by atoms with Gasteiger partial charge in [0.05, 0.1) is 11.5 Å². The summed E-state index contributed by atoms with van der Waals surface area (Å²) in [4.78, 5) is 12.6. The van der Waals surface area contributed by atoms with Gasteiger partial charge < -0.3 is 9.32 Å². The second-order valence-corrected chi connectivity index (χ2v) is 5.24. The minimum absolute atomic E-state index is 0.0288. The monoisotopic (exact) mass is 300 g/mol. The first-order valence-corrected chi connectivity index (χ1v) is 6.84. The molecule has 3 rings (SSSR count).